The Balaban J connectivity index is 4.47. The molecule has 258 valence electrons. The number of carbonyl (C=O) groups is 2. The molecule has 0 fully saturated rings. The smallest absolute Gasteiger partial charge is 0.462 e. The van der Waals surface area contributed by atoms with Crippen LogP contribution in [0.15, 0.2) is 24.3 Å². The molecule has 9 nitrogen and oxygen atoms in total. The average molecular weight is 647 g/mol. The van der Waals surface area contributed by atoms with E-state index in [-0.39, 0.29) is 32.0 Å². The highest BCUT2D eigenvalue weighted by Gasteiger charge is 2.27. The van der Waals surface area contributed by atoms with Gasteiger partial charge < -0.3 is 18.9 Å². The monoisotopic (exact) mass is 646 g/mol. The summed E-state index contributed by atoms with van der Waals surface area (Å²) in [5.74, 6) is -0.828. The first kappa shape index (κ1) is 42.5. The summed E-state index contributed by atoms with van der Waals surface area (Å²) >= 11 is 0. The van der Waals surface area contributed by atoms with Crippen LogP contribution in [0, 0.1) is 0 Å². The topological polar surface area (TPSA) is 108 Å². The fourth-order valence-electron chi connectivity index (χ4n) is 4.20. The van der Waals surface area contributed by atoms with Crippen LogP contribution in [-0.4, -0.2) is 74.9 Å². The minimum atomic E-state index is -4.36. The van der Waals surface area contributed by atoms with Gasteiger partial charge in [-0.1, -0.05) is 102 Å². The van der Waals surface area contributed by atoms with E-state index >= 15 is 0 Å². The van der Waals surface area contributed by atoms with Crippen molar-refractivity contribution in [2.24, 2.45) is 0 Å². The lowest BCUT2D eigenvalue weighted by Gasteiger charge is -2.24. The Kier molecular flexibility index (Phi) is 26.8. The Hall–Kier alpha value is -1.51. The molecule has 0 aliphatic carbocycles. The van der Waals surface area contributed by atoms with E-state index in [0.717, 1.165) is 70.6 Å². The summed E-state index contributed by atoms with van der Waals surface area (Å²) in [5, 5.41) is 0. The van der Waals surface area contributed by atoms with Gasteiger partial charge in [-0.2, -0.15) is 0 Å². The first-order chi connectivity index (χ1) is 21.0. The van der Waals surface area contributed by atoms with Crippen molar-refractivity contribution in [2.45, 2.75) is 136 Å². The molecule has 0 rings (SSSR count). The molecule has 0 aromatic rings. The molecule has 2 unspecified atom stereocenters. The molecule has 1 N–H and O–H groups in total. The average Bonchev–Trinajstić information content (AvgIpc) is 2.95. The third-order valence-electron chi connectivity index (χ3n) is 6.98. The van der Waals surface area contributed by atoms with Crippen molar-refractivity contribution in [2.75, 3.05) is 47.5 Å². The largest absolute Gasteiger partial charge is 0.472 e. The third kappa shape index (κ3) is 30.5. The van der Waals surface area contributed by atoms with Gasteiger partial charge in [0.2, 0.25) is 0 Å². The molecule has 0 saturated heterocycles. The maximum Gasteiger partial charge on any atom is 0.472 e. The van der Waals surface area contributed by atoms with Crippen molar-refractivity contribution in [1.29, 1.82) is 0 Å². The Bertz CT molecular complexity index is 825. The first-order valence-electron chi connectivity index (χ1n) is 17.1. The molecule has 2 atom stereocenters. The van der Waals surface area contributed by atoms with Crippen molar-refractivity contribution < 1.29 is 42.1 Å². The van der Waals surface area contributed by atoms with Gasteiger partial charge in [-0.15, -0.1) is 0 Å². The predicted molar refractivity (Wildman–Crippen MR) is 178 cm³/mol. The number of esters is 2. The zero-order valence-corrected chi connectivity index (χ0v) is 29.5. The second-order valence-corrected chi connectivity index (χ2v) is 14.0. The first-order valence-corrected chi connectivity index (χ1v) is 18.6. The van der Waals surface area contributed by atoms with E-state index in [0.29, 0.717) is 17.4 Å². The number of allylic oxidation sites excluding steroid dienone is 4. The number of carbonyl (C=O) groups excluding carboxylic acids is 2. The molecule has 10 heteroatoms. The lowest BCUT2D eigenvalue weighted by molar-refractivity contribution is -0.870. The van der Waals surface area contributed by atoms with Crippen molar-refractivity contribution >= 4 is 19.8 Å². The van der Waals surface area contributed by atoms with Crippen LogP contribution in [0.5, 0.6) is 0 Å². The van der Waals surface area contributed by atoms with E-state index in [4.69, 9.17) is 18.5 Å². The summed E-state index contributed by atoms with van der Waals surface area (Å²) in [4.78, 5) is 34.8. The SMILES string of the molecule is CCCC/C=C\C/C=C\CCCCCCCC(=O)OC(COC(=O)CCCCCCCC)COP(=O)(O)OCC[N+](C)(C)C. The van der Waals surface area contributed by atoms with Gasteiger partial charge in [-0.25, -0.2) is 4.57 Å². The highest BCUT2D eigenvalue weighted by atomic mass is 31.2. The lowest BCUT2D eigenvalue weighted by atomic mass is 10.1. The molecule has 44 heavy (non-hydrogen) atoms. The Morgan fingerprint density at radius 2 is 1.25 bits per heavy atom. The number of phosphoric acid groups is 1. The summed E-state index contributed by atoms with van der Waals surface area (Å²) in [7, 11) is 1.46. The van der Waals surface area contributed by atoms with Crippen molar-refractivity contribution in [3.8, 4) is 0 Å². The number of rotatable bonds is 30. The van der Waals surface area contributed by atoms with Crippen LogP contribution in [-0.2, 0) is 32.7 Å². The number of quaternary nitrogens is 1. The van der Waals surface area contributed by atoms with Gasteiger partial charge in [0, 0.05) is 12.8 Å². The number of ether oxygens (including phenoxy) is 2. The van der Waals surface area contributed by atoms with E-state index in [1.807, 2.05) is 21.1 Å². The second-order valence-electron chi connectivity index (χ2n) is 12.6. The zero-order chi connectivity index (χ0) is 32.9. The van der Waals surface area contributed by atoms with Gasteiger partial charge in [-0.3, -0.25) is 18.6 Å². The quantitative estimate of drug-likeness (QED) is 0.0272. The van der Waals surface area contributed by atoms with Crippen molar-refractivity contribution in [3.05, 3.63) is 24.3 Å². The van der Waals surface area contributed by atoms with E-state index in [1.165, 1.54) is 25.7 Å². The molecule has 0 heterocycles. The number of hydrogen-bond donors (Lipinski definition) is 1. The maximum atomic E-state index is 12.5. The molecule has 0 aromatic heterocycles. The molecule has 0 aromatic carbocycles. The number of likely N-dealkylation sites (N-methyl/N-ethyl adjacent to an activating group) is 1. The van der Waals surface area contributed by atoms with E-state index in [9.17, 15) is 19.0 Å². The molecule has 0 spiro atoms. The number of nitrogens with zero attached hydrogens (tertiary/aromatic N) is 1. The van der Waals surface area contributed by atoms with E-state index in [2.05, 4.69) is 38.2 Å². The van der Waals surface area contributed by atoms with Gasteiger partial charge >= 0.3 is 19.8 Å². The number of unbranched alkanes of at least 4 members (excludes halogenated alkanes) is 12. The lowest BCUT2D eigenvalue weighted by Crippen LogP contribution is -2.37. The standard InChI is InChI=1S/C34H64NO8P/c1-6-8-10-12-14-15-16-17-18-19-20-21-23-25-27-34(37)43-32(30-40-33(36)26-24-22-13-11-9-7-2)31-42-44(38,39)41-29-28-35(3,4)5/h12,14,16-17,32H,6-11,13,15,18-31H2,1-5H3/p+1/b14-12-,17-16-. The minimum Gasteiger partial charge on any atom is -0.462 e. The maximum absolute atomic E-state index is 12.5. The van der Waals surface area contributed by atoms with Crippen LogP contribution in [0.3, 0.4) is 0 Å². The highest BCUT2D eigenvalue weighted by molar-refractivity contribution is 7.47. The van der Waals surface area contributed by atoms with Gasteiger partial charge in [-0.05, 0) is 38.5 Å². The van der Waals surface area contributed by atoms with E-state index < -0.39 is 26.5 Å². The molecule has 0 bridgehead atoms. The summed E-state index contributed by atoms with van der Waals surface area (Å²) in [6, 6.07) is 0. The van der Waals surface area contributed by atoms with Crippen LogP contribution in [0.2, 0.25) is 0 Å². The Morgan fingerprint density at radius 3 is 1.86 bits per heavy atom. The molecule has 0 aliphatic rings. The summed E-state index contributed by atoms with van der Waals surface area (Å²) in [6.45, 7) is 4.26. The highest BCUT2D eigenvalue weighted by Crippen LogP contribution is 2.43. The summed E-state index contributed by atoms with van der Waals surface area (Å²) in [5.41, 5.74) is 0. The fraction of sp³-hybridized carbons (Fsp3) is 0.824. The summed E-state index contributed by atoms with van der Waals surface area (Å²) < 4.78 is 33.9. The van der Waals surface area contributed by atoms with Crippen LogP contribution in [0.4, 0.5) is 0 Å². The van der Waals surface area contributed by atoms with Gasteiger partial charge in [0.05, 0.1) is 27.7 Å². The van der Waals surface area contributed by atoms with Crippen molar-refractivity contribution in [3.63, 3.8) is 0 Å². The Labute approximate surface area is 268 Å². The van der Waals surface area contributed by atoms with Crippen LogP contribution in [0.1, 0.15) is 129 Å². The summed E-state index contributed by atoms with van der Waals surface area (Å²) in [6.07, 6.45) is 25.4. The molecule has 0 saturated carbocycles. The number of hydrogen-bond acceptors (Lipinski definition) is 7. The van der Waals surface area contributed by atoms with Crippen molar-refractivity contribution in [1.82, 2.24) is 0 Å². The van der Waals surface area contributed by atoms with Gasteiger partial charge in [0.15, 0.2) is 6.10 Å². The third-order valence-corrected chi connectivity index (χ3v) is 7.97. The minimum absolute atomic E-state index is 0.0295. The zero-order valence-electron chi connectivity index (χ0n) is 28.6. The molecular formula is C34H65NO8P+. The fourth-order valence-corrected chi connectivity index (χ4v) is 4.95. The molecule has 0 aliphatic heterocycles. The molecule has 0 radical (unpaired) electrons. The van der Waals surface area contributed by atoms with Gasteiger partial charge in [0.1, 0.15) is 19.8 Å². The van der Waals surface area contributed by atoms with E-state index in [1.54, 1.807) is 0 Å². The number of phosphoric ester groups is 1. The molecule has 0 amide bonds. The molecular weight excluding hydrogens is 581 g/mol. The normalized spacial score (nSPS) is 14.2. The van der Waals surface area contributed by atoms with Crippen LogP contribution < -0.4 is 0 Å². The van der Waals surface area contributed by atoms with Gasteiger partial charge in [0.25, 0.3) is 0 Å². The predicted octanol–water partition coefficient (Wildman–Crippen LogP) is 8.46. The van der Waals surface area contributed by atoms with Crippen LogP contribution in [0.25, 0.3) is 0 Å². The van der Waals surface area contributed by atoms with Crippen LogP contribution >= 0.6 is 7.82 Å². The second kappa shape index (κ2) is 27.8. The Morgan fingerprint density at radius 1 is 0.705 bits per heavy atom.